The average Bonchev–Trinajstić information content (AvgIpc) is 3.14. The van der Waals surface area contributed by atoms with Crippen LogP contribution in [0.2, 0.25) is 0 Å². The second kappa shape index (κ2) is 6.05. The summed E-state index contributed by atoms with van der Waals surface area (Å²) in [5.41, 5.74) is 0. The molecule has 3 nitrogen and oxygen atoms in total. The molecule has 2 aliphatic carbocycles. The molecule has 2 rings (SSSR count). The van der Waals surface area contributed by atoms with Crippen LogP contribution in [0.1, 0.15) is 58.8 Å². The fourth-order valence-corrected chi connectivity index (χ4v) is 3.39. The summed E-state index contributed by atoms with van der Waals surface area (Å²) in [4.78, 5) is 13.2. The highest BCUT2D eigenvalue weighted by molar-refractivity contribution is 5.66. The number of carboxylic acid groups (broad SMARTS) is 1. The molecule has 0 bridgehead atoms. The largest absolute Gasteiger partial charge is 0.481 e. The van der Waals surface area contributed by atoms with Crippen LogP contribution in [0.5, 0.6) is 0 Å². The number of nitrogens with zero attached hydrogens (tertiary/aromatic N) is 1. The third-order valence-corrected chi connectivity index (χ3v) is 4.75. The van der Waals surface area contributed by atoms with Gasteiger partial charge in [0.15, 0.2) is 0 Å². The van der Waals surface area contributed by atoms with Crippen LogP contribution in [-0.4, -0.2) is 34.6 Å². The normalized spacial score (nSPS) is 28.9. The predicted octanol–water partition coefficient (Wildman–Crippen LogP) is 3.14. The van der Waals surface area contributed by atoms with Crippen molar-refractivity contribution in [1.29, 1.82) is 0 Å². The fourth-order valence-electron chi connectivity index (χ4n) is 3.39. The van der Waals surface area contributed by atoms with E-state index in [-0.39, 0.29) is 0 Å². The second-order valence-corrected chi connectivity index (χ2v) is 6.43. The zero-order valence-electron chi connectivity index (χ0n) is 11.8. The Morgan fingerprint density at radius 1 is 1.11 bits per heavy atom. The highest BCUT2D eigenvalue weighted by Crippen LogP contribution is 2.37. The molecule has 2 aliphatic rings. The third-order valence-electron chi connectivity index (χ3n) is 4.75. The number of hydrogen-bond donors (Lipinski definition) is 1. The Balaban J connectivity index is 1.82. The molecule has 0 radical (unpaired) electrons. The molecule has 104 valence electrons. The minimum atomic E-state index is -0.656. The molecular weight excluding hydrogens is 226 g/mol. The van der Waals surface area contributed by atoms with Crippen LogP contribution in [0.3, 0.4) is 0 Å². The van der Waals surface area contributed by atoms with Crippen molar-refractivity contribution in [2.75, 3.05) is 6.54 Å². The molecule has 0 aromatic heterocycles. The molecule has 0 atom stereocenters. The Morgan fingerprint density at radius 3 is 2.00 bits per heavy atom. The van der Waals surface area contributed by atoms with Gasteiger partial charge in [0.1, 0.15) is 0 Å². The van der Waals surface area contributed by atoms with Crippen molar-refractivity contribution < 1.29 is 9.90 Å². The van der Waals surface area contributed by atoms with Gasteiger partial charge < -0.3 is 5.11 Å². The van der Waals surface area contributed by atoms with Gasteiger partial charge in [0, 0.05) is 18.6 Å². The van der Waals surface area contributed by atoms with Gasteiger partial charge >= 0.3 is 5.97 Å². The summed E-state index contributed by atoms with van der Waals surface area (Å²) in [5.74, 6) is 1.04. The molecule has 3 heteroatoms. The lowest BCUT2D eigenvalue weighted by Gasteiger charge is -2.38. The standard InChI is InChI=1S/C15H27NO2/c1-11(2)12-3-5-13(6-4-12)16(14-7-8-14)10-9-15(17)18/h11-14H,3-10H2,1-2H3,(H,17,18). The Labute approximate surface area is 111 Å². The van der Waals surface area contributed by atoms with E-state index in [1.807, 2.05) is 0 Å². The van der Waals surface area contributed by atoms with Crippen molar-refractivity contribution in [3.8, 4) is 0 Å². The van der Waals surface area contributed by atoms with E-state index in [2.05, 4.69) is 18.7 Å². The first kappa shape index (κ1) is 13.9. The summed E-state index contributed by atoms with van der Waals surface area (Å²) in [7, 11) is 0. The lowest BCUT2D eigenvalue weighted by molar-refractivity contribution is -0.137. The molecule has 18 heavy (non-hydrogen) atoms. The molecule has 0 saturated heterocycles. The van der Waals surface area contributed by atoms with E-state index in [1.165, 1.54) is 38.5 Å². The van der Waals surface area contributed by atoms with Crippen LogP contribution >= 0.6 is 0 Å². The van der Waals surface area contributed by atoms with E-state index in [0.29, 0.717) is 18.5 Å². The van der Waals surface area contributed by atoms with Gasteiger partial charge in [-0.15, -0.1) is 0 Å². The van der Waals surface area contributed by atoms with E-state index in [1.54, 1.807) is 0 Å². The van der Waals surface area contributed by atoms with E-state index < -0.39 is 5.97 Å². The number of carboxylic acids is 1. The maximum Gasteiger partial charge on any atom is 0.304 e. The van der Waals surface area contributed by atoms with Crippen LogP contribution in [0, 0.1) is 11.8 Å². The van der Waals surface area contributed by atoms with Crippen molar-refractivity contribution in [2.24, 2.45) is 11.8 Å². The van der Waals surface area contributed by atoms with E-state index >= 15 is 0 Å². The van der Waals surface area contributed by atoms with Gasteiger partial charge in [0.2, 0.25) is 0 Å². The Kier molecular flexibility index (Phi) is 4.66. The zero-order chi connectivity index (χ0) is 13.1. The van der Waals surface area contributed by atoms with Gasteiger partial charge in [-0.25, -0.2) is 0 Å². The quantitative estimate of drug-likeness (QED) is 0.790. The van der Waals surface area contributed by atoms with Crippen LogP contribution in [0.4, 0.5) is 0 Å². The van der Waals surface area contributed by atoms with E-state index in [9.17, 15) is 4.79 Å². The molecule has 2 fully saturated rings. The smallest absolute Gasteiger partial charge is 0.304 e. The van der Waals surface area contributed by atoms with Crippen molar-refractivity contribution >= 4 is 5.97 Å². The first-order valence-corrected chi connectivity index (χ1v) is 7.55. The van der Waals surface area contributed by atoms with Crippen LogP contribution < -0.4 is 0 Å². The molecule has 0 aromatic carbocycles. The predicted molar refractivity (Wildman–Crippen MR) is 72.6 cm³/mol. The van der Waals surface area contributed by atoms with Crippen molar-refractivity contribution in [3.05, 3.63) is 0 Å². The summed E-state index contributed by atoms with van der Waals surface area (Å²) >= 11 is 0. The van der Waals surface area contributed by atoms with Gasteiger partial charge in [-0.2, -0.15) is 0 Å². The van der Waals surface area contributed by atoms with Gasteiger partial charge in [-0.05, 0) is 50.4 Å². The third kappa shape index (κ3) is 3.71. The molecule has 0 spiro atoms. The van der Waals surface area contributed by atoms with Crippen molar-refractivity contribution in [2.45, 2.75) is 70.9 Å². The molecule has 1 N–H and O–H groups in total. The minimum absolute atomic E-state index is 0.306. The van der Waals surface area contributed by atoms with Crippen LogP contribution in [0.15, 0.2) is 0 Å². The average molecular weight is 253 g/mol. The Morgan fingerprint density at radius 2 is 1.61 bits per heavy atom. The molecule has 0 aromatic rings. The van der Waals surface area contributed by atoms with Crippen LogP contribution in [0.25, 0.3) is 0 Å². The highest BCUT2D eigenvalue weighted by Gasteiger charge is 2.36. The molecule has 0 amide bonds. The second-order valence-electron chi connectivity index (χ2n) is 6.43. The van der Waals surface area contributed by atoms with Gasteiger partial charge in [-0.1, -0.05) is 13.8 Å². The zero-order valence-corrected chi connectivity index (χ0v) is 11.8. The molecule has 0 unspecified atom stereocenters. The first-order valence-electron chi connectivity index (χ1n) is 7.55. The molecule has 2 saturated carbocycles. The monoisotopic (exact) mass is 253 g/mol. The lowest BCUT2D eigenvalue weighted by Crippen LogP contribution is -2.41. The van der Waals surface area contributed by atoms with E-state index in [0.717, 1.165) is 18.4 Å². The Bertz CT molecular complexity index is 278. The first-order chi connectivity index (χ1) is 8.58. The van der Waals surface area contributed by atoms with Crippen molar-refractivity contribution in [1.82, 2.24) is 4.90 Å². The fraction of sp³-hybridized carbons (Fsp3) is 0.933. The maximum atomic E-state index is 10.7. The van der Waals surface area contributed by atoms with Gasteiger partial charge in [0.25, 0.3) is 0 Å². The van der Waals surface area contributed by atoms with Gasteiger partial charge in [-0.3, -0.25) is 9.69 Å². The van der Waals surface area contributed by atoms with Crippen molar-refractivity contribution in [3.63, 3.8) is 0 Å². The van der Waals surface area contributed by atoms with E-state index in [4.69, 9.17) is 5.11 Å². The summed E-state index contributed by atoms with van der Waals surface area (Å²) in [5, 5.41) is 8.85. The molecule has 0 aliphatic heterocycles. The molecular formula is C15H27NO2. The minimum Gasteiger partial charge on any atom is -0.481 e. The number of rotatable bonds is 6. The number of aliphatic carboxylic acids is 1. The summed E-state index contributed by atoms with van der Waals surface area (Å²) in [6.07, 6.45) is 8.09. The lowest BCUT2D eigenvalue weighted by atomic mass is 9.79. The number of carbonyl (C=O) groups is 1. The topological polar surface area (TPSA) is 40.5 Å². The molecule has 0 heterocycles. The maximum absolute atomic E-state index is 10.7. The highest BCUT2D eigenvalue weighted by atomic mass is 16.4. The summed E-state index contributed by atoms with van der Waals surface area (Å²) in [6, 6.07) is 1.36. The summed E-state index contributed by atoms with van der Waals surface area (Å²) in [6.45, 7) is 5.42. The van der Waals surface area contributed by atoms with Crippen LogP contribution in [-0.2, 0) is 4.79 Å². The number of hydrogen-bond acceptors (Lipinski definition) is 2. The Hall–Kier alpha value is -0.570. The summed E-state index contributed by atoms with van der Waals surface area (Å²) < 4.78 is 0. The SMILES string of the molecule is CC(C)C1CCC(N(CCC(=O)O)C2CC2)CC1. The van der Waals surface area contributed by atoms with Gasteiger partial charge in [0.05, 0.1) is 6.42 Å².